The Bertz CT molecular complexity index is 575. The molecule has 0 saturated heterocycles. The normalized spacial score (nSPS) is 10.6. The zero-order valence-electron chi connectivity index (χ0n) is 10.5. The number of nitrogens with zero attached hydrogens (tertiary/aromatic N) is 2. The van der Waals surface area contributed by atoms with Crippen LogP contribution < -0.4 is 0 Å². The van der Waals surface area contributed by atoms with E-state index in [-0.39, 0.29) is 5.78 Å². The SMILES string of the molecule is CCc1cc(C(=O)c2ccccc2Cl)n(CC)n1. The zero-order valence-corrected chi connectivity index (χ0v) is 11.2. The average molecular weight is 263 g/mol. The summed E-state index contributed by atoms with van der Waals surface area (Å²) in [5.41, 5.74) is 2.05. The van der Waals surface area contributed by atoms with Gasteiger partial charge < -0.3 is 0 Å². The van der Waals surface area contributed by atoms with Crippen molar-refractivity contribution in [3.63, 3.8) is 0 Å². The molecule has 0 aliphatic heterocycles. The molecule has 0 fully saturated rings. The number of carbonyl (C=O) groups is 1. The van der Waals surface area contributed by atoms with Crippen LogP contribution in [0.5, 0.6) is 0 Å². The van der Waals surface area contributed by atoms with E-state index in [9.17, 15) is 4.79 Å². The summed E-state index contributed by atoms with van der Waals surface area (Å²) >= 11 is 6.05. The lowest BCUT2D eigenvalue weighted by atomic mass is 10.1. The lowest BCUT2D eigenvalue weighted by Gasteiger charge is -2.05. The Kier molecular flexibility index (Phi) is 3.82. The van der Waals surface area contributed by atoms with Crippen LogP contribution in [0.3, 0.4) is 0 Å². The van der Waals surface area contributed by atoms with Gasteiger partial charge in [-0.2, -0.15) is 5.10 Å². The van der Waals surface area contributed by atoms with Crippen molar-refractivity contribution in [1.82, 2.24) is 9.78 Å². The quantitative estimate of drug-likeness (QED) is 0.792. The third-order valence-corrected chi connectivity index (χ3v) is 3.17. The molecule has 0 aliphatic carbocycles. The minimum Gasteiger partial charge on any atom is -0.287 e. The number of aromatic nitrogens is 2. The van der Waals surface area contributed by atoms with Crippen molar-refractivity contribution in [3.05, 3.63) is 52.3 Å². The second-order valence-electron chi connectivity index (χ2n) is 4.00. The minimum absolute atomic E-state index is 0.0744. The van der Waals surface area contributed by atoms with Crippen molar-refractivity contribution < 1.29 is 4.79 Å². The number of halogens is 1. The third kappa shape index (κ3) is 2.31. The molecule has 2 rings (SSSR count). The van der Waals surface area contributed by atoms with E-state index < -0.39 is 0 Å². The Morgan fingerprint density at radius 1 is 1.33 bits per heavy atom. The Morgan fingerprint density at radius 3 is 2.67 bits per heavy atom. The van der Waals surface area contributed by atoms with Gasteiger partial charge in [-0.15, -0.1) is 0 Å². The maximum Gasteiger partial charge on any atom is 0.212 e. The molecule has 0 saturated carbocycles. The molecule has 3 nitrogen and oxygen atoms in total. The highest BCUT2D eigenvalue weighted by Gasteiger charge is 2.17. The summed E-state index contributed by atoms with van der Waals surface area (Å²) in [7, 11) is 0. The van der Waals surface area contributed by atoms with E-state index in [0.29, 0.717) is 22.8 Å². The van der Waals surface area contributed by atoms with Crippen molar-refractivity contribution in [2.45, 2.75) is 26.8 Å². The highest BCUT2D eigenvalue weighted by Crippen LogP contribution is 2.19. The molecule has 0 N–H and O–H groups in total. The molecule has 0 unspecified atom stereocenters. The lowest BCUT2D eigenvalue weighted by molar-refractivity contribution is 0.102. The van der Waals surface area contributed by atoms with Crippen molar-refractivity contribution in [2.24, 2.45) is 0 Å². The minimum atomic E-state index is -0.0744. The maximum absolute atomic E-state index is 12.4. The fourth-order valence-corrected chi connectivity index (χ4v) is 2.07. The van der Waals surface area contributed by atoms with Gasteiger partial charge in [-0.3, -0.25) is 9.48 Å². The van der Waals surface area contributed by atoms with Gasteiger partial charge in [-0.05, 0) is 31.5 Å². The van der Waals surface area contributed by atoms with Gasteiger partial charge in [0.05, 0.1) is 10.7 Å². The monoisotopic (exact) mass is 262 g/mol. The van der Waals surface area contributed by atoms with Crippen molar-refractivity contribution in [2.75, 3.05) is 0 Å². The number of hydrogen-bond acceptors (Lipinski definition) is 2. The molecule has 0 amide bonds. The molecule has 0 bridgehead atoms. The number of benzene rings is 1. The first-order valence-electron chi connectivity index (χ1n) is 6.03. The second-order valence-corrected chi connectivity index (χ2v) is 4.41. The van der Waals surface area contributed by atoms with Crippen molar-refractivity contribution in [3.8, 4) is 0 Å². The first-order chi connectivity index (χ1) is 8.67. The second kappa shape index (κ2) is 5.36. The Hall–Kier alpha value is -1.61. The first-order valence-corrected chi connectivity index (χ1v) is 6.41. The number of ketones is 1. The van der Waals surface area contributed by atoms with Crippen LogP contribution >= 0.6 is 11.6 Å². The summed E-state index contributed by atoms with van der Waals surface area (Å²) in [5, 5.41) is 4.85. The van der Waals surface area contributed by atoms with Crippen LogP contribution in [0.1, 0.15) is 35.6 Å². The van der Waals surface area contributed by atoms with Crippen LogP contribution in [0.4, 0.5) is 0 Å². The van der Waals surface area contributed by atoms with E-state index in [1.807, 2.05) is 32.0 Å². The van der Waals surface area contributed by atoms with Gasteiger partial charge in [-0.1, -0.05) is 30.7 Å². The van der Waals surface area contributed by atoms with Crippen LogP contribution in [0.2, 0.25) is 5.02 Å². The van der Waals surface area contributed by atoms with E-state index in [1.54, 1.807) is 16.8 Å². The van der Waals surface area contributed by atoms with E-state index in [4.69, 9.17) is 11.6 Å². The van der Waals surface area contributed by atoms with Crippen LogP contribution in [0.25, 0.3) is 0 Å². The average Bonchev–Trinajstić information content (AvgIpc) is 2.82. The lowest BCUT2D eigenvalue weighted by Crippen LogP contribution is -2.10. The number of carbonyl (C=O) groups excluding carboxylic acids is 1. The summed E-state index contributed by atoms with van der Waals surface area (Å²) in [6.07, 6.45) is 0.815. The number of hydrogen-bond donors (Lipinski definition) is 0. The molecule has 1 heterocycles. The predicted octanol–water partition coefficient (Wildman–Crippen LogP) is 3.35. The van der Waals surface area contributed by atoms with Crippen molar-refractivity contribution in [1.29, 1.82) is 0 Å². The van der Waals surface area contributed by atoms with Gasteiger partial charge in [0.25, 0.3) is 0 Å². The smallest absolute Gasteiger partial charge is 0.212 e. The third-order valence-electron chi connectivity index (χ3n) is 2.84. The molecule has 0 radical (unpaired) electrons. The standard InChI is InChI=1S/C14H15ClN2O/c1-3-10-9-13(17(4-2)16-10)14(18)11-7-5-6-8-12(11)15/h5-9H,3-4H2,1-2H3. The fraction of sp³-hybridized carbons (Fsp3) is 0.286. The Morgan fingerprint density at radius 2 is 2.06 bits per heavy atom. The van der Waals surface area contributed by atoms with Crippen molar-refractivity contribution >= 4 is 17.4 Å². The molecular weight excluding hydrogens is 248 g/mol. The van der Waals surface area contributed by atoms with Gasteiger partial charge >= 0.3 is 0 Å². The van der Waals surface area contributed by atoms with Crippen LogP contribution in [-0.2, 0) is 13.0 Å². The summed E-state index contributed by atoms with van der Waals surface area (Å²) < 4.78 is 1.73. The molecule has 4 heteroatoms. The molecule has 1 aromatic carbocycles. The summed E-state index contributed by atoms with van der Waals surface area (Å²) in [4.78, 5) is 12.4. The van der Waals surface area contributed by atoms with Gasteiger partial charge in [-0.25, -0.2) is 0 Å². The van der Waals surface area contributed by atoms with Gasteiger partial charge in [0.2, 0.25) is 5.78 Å². The fourth-order valence-electron chi connectivity index (χ4n) is 1.85. The summed E-state index contributed by atoms with van der Waals surface area (Å²) in [5.74, 6) is -0.0744. The van der Waals surface area contributed by atoms with Gasteiger partial charge in [0.15, 0.2) is 0 Å². The largest absolute Gasteiger partial charge is 0.287 e. The van der Waals surface area contributed by atoms with Gasteiger partial charge in [0, 0.05) is 12.1 Å². The Labute approximate surface area is 111 Å². The highest BCUT2D eigenvalue weighted by molar-refractivity contribution is 6.34. The van der Waals surface area contributed by atoms with E-state index in [0.717, 1.165) is 12.1 Å². The highest BCUT2D eigenvalue weighted by atomic mass is 35.5. The molecule has 18 heavy (non-hydrogen) atoms. The summed E-state index contributed by atoms with van der Waals surface area (Å²) in [6, 6.07) is 8.93. The van der Waals surface area contributed by atoms with E-state index >= 15 is 0 Å². The van der Waals surface area contributed by atoms with Crippen LogP contribution in [-0.4, -0.2) is 15.6 Å². The summed E-state index contributed by atoms with van der Waals surface area (Å²) in [6.45, 7) is 4.66. The molecule has 0 atom stereocenters. The topological polar surface area (TPSA) is 34.9 Å². The van der Waals surface area contributed by atoms with E-state index in [1.165, 1.54) is 0 Å². The zero-order chi connectivity index (χ0) is 13.1. The number of aryl methyl sites for hydroxylation is 2. The maximum atomic E-state index is 12.4. The predicted molar refractivity (Wildman–Crippen MR) is 72.2 cm³/mol. The molecule has 1 aromatic heterocycles. The van der Waals surface area contributed by atoms with Gasteiger partial charge in [0.1, 0.15) is 5.69 Å². The van der Waals surface area contributed by atoms with Crippen LogP contribution in [0, 0.1) is 0 Å². The molecular formula is C14H15ClN2O. The Balaban J connectivity index is 2.46. The number of rotatable bonds is 4. The van der Waals surface area contributed by atoms with Crippen LogP contribution in [0.15, 0.2) is 30.3 Å². The molecule has 0 aliphatic rings. The molecule has 94 valence electrons. The molecule has 0 spiro atoms. The molecule has 2 aromatic rings. The first kappa shape index (κ1) is 12.8. The van der Waals surface area contributed by atoms with E-state index in [2.05, 4.69) is 5.10 Å².